The second-order valence-electron chi connectivity index (χ2n) is 7.38. The first-order valence-corrected chi connectivity index (χ1v) is 11.2. The summed E-state index contributed by atoms with van der Waals surface area (Å²) in [7, 11) is -0.347. The third-order valence-corrected chi connectivity index (χ3v) is 7.34. The maximum Gasteiger partial charge on any atom is 0.407 e. The van der Waals surface area contributed by atoms with Gasteiger partial charge in [0.25, 0.3) is 0 Å². The normalized spacial score (nSPS) is 23.5. The highest BCUT2D eigenvalue weighted by Crippen LogP contribution is 2.24. The first kappa shape index (κ1) is 21.8. The highest BCUT2D eigenvalue weighted by Gasteiger charge is 2.37. The Morgan fingerprint density at radius 2 is 1.97 bits per heavy atom. The minimum atomic E-state index is -3.48. The number of likely N-dealkylation sites (tertiary alicyclic amines) is 1. The van der Waals surface area contributed by atoms with Crippen molar-refractivity contribution in [1.82, 2.24) is 9.21 Å². The minimum absolute atomic E-state index is 0.0452. The highest BCUT2D eigenvalue weighted by atomic mass is 32.2. The fraction of sp³-hybridized carbons (Fsp3) is 0.632. The van der Waals surface area contributed by atoms with Crippen LogP contribution in [0.1, 0.15) is 18.4 Å². The molecule has 0 saturated carbocycles. The van der Waals surface area contributed by atoms with E-state index in [4.69, 9.17) is 14.2 Å². The molecule has 2 fully saturated rings. The molecule has 2 atom stereocenters. The van der Waals surface area contributed by atoms with Gasteiger partial charge >= 0.3 is 6.09 Å². The number of carbonyl (C=O) groups is 1. The van der Waals surface area contributed by atoms with Gasteiger partial charge < -0.3 is 24.2 Å². The van der Waals surface area contributed by atoms with Crippen LogP contribution in [0.4, 0.5) is 4.79 Å². The number of carboxylic acid groups (broad SMARTS) is 1. The Kier molecular flexibility index (Phi) is 6.99. The van der Waals surface area contributed by atoms with Crippen molar-refractivity contribution < 1.29 is 32.5 Å². The van der Waals surface area contributed by atoms with Gasteiger partial charge in [0.15, 0.2) is 0 Å². The molecule has 10 heteroatoms. The molecular weight excluding hydrogens is 400 g/mol. The maximum atomic E-state index is 12.8. The molecule has 0 unspecified atom stereocenters. The zero-order chi connectivity index (χ0) is 21.0. The average Bonchev–Trinajstić information content (AvgIpc) is 3.11. The molecule has 0 aromatic heterocycles. The van der Waals surface area contributed by atoms with Crippen LogP contribution in [0.5, 0.6) is 5.75 Å². The van der Waals surface area contributed by atoms with Gasteiger partial charge in [-0.15, -0.1) is 0 Å². The van der Waals surface area contributed by atoms with Gasteiger partial charge in [0.1, 0.15) is 18.0 Å². The van der Waals surface area contributed by atoms with E-state index in [1.54, 1.807) is 31.3 Å². The topological polar surface area (TPSA) is 106 Å². The number of ether oxygens (including phenoxy) is 3. The van der Waals surface area contributed by atoms with Crippen molar-refractivity contribution >= 4 is 16.1 Å². The van der Waals surface area contributed by atoms with Gasteiger partial charge in [-0.05, 0) is 30.5 Å². The number of amides is 1. The van der Waals surface area contributed by atoms with Crippen molar-refractivity contribution in [3.8, 4) is 5.75 Å². The van der Waals surface area contributed by atoms with Gasteiger partial charge in [0, 0.05) is 33.4 Å². The van der Waals surface area contributed by atoms with Crippen molar-refractivity contribution in [2.45, 2.75) is 36.8 Å². The number of hydrogen-bond donors (Lipinski definition) is 1. The summed E-state index contributed by atoms with van der Waals surface area (Å²) in [6, 6.07) is 6.85. The fourth-order valence-electron chi connectivity index (χ4n) is 3.71. The van der Waals surface area contributed by atoms with Crippen LogP contribution in [0, 0.1) is 0 Å². The quantitative estimate of drug-likeness (QED) is 0.699. The Morgan fingerprint density at radius 3 is 2.62 bits per heavy atom. The molecule has 9 nitrogen and oxygen atoms in total. The van der Waals surface area contributed by atoms with Gasteiger partial charge in [-0.1, -0.05) is 12.1 Å². The monoisotopic (exact) mass is 428 g/mol. The predicted molar refractivity (Wildman–Crippen MR) is 105 cm³/mol. The van der Waals surface area contributed by atoms with E-state index in [9.17, 15) is 18.3 Å². The number of rotatable bonds is 7. The fourth-order valence-corrected chi connectivity index (χ4v) is 5.18. The second-order valence-corrected chi connectivity index (χ2v) is 9.41. The Labute approximate surface area is 171 Å². The molecule has 0 aliphatic carbocycles. The molecule has 29 heavy (non-hydrogen) atoms. The summed E-state index contributed by atoms with van der Waals surface area (Å²) < 4.78 is 43.7. The molecule has 1 aromatic rings. The van der Waals surface area contributed by atoms with Crippen LogP contribution in [0.25, 0.3) is 0 Å². The standard InChI is InChI=1S/C19H28N2O7S/c1-20(15-6-8-27-9-7-15)29(24,25)13-14-4-3-5-16(10-14)28-18-12-21(19(22)23)11-17(18)26-2/h3-5,10,15,17-18H,6-9,11-13H2,1-2H3,(H,22,23)/t17-,18-/m1/s1. The smallest absolute Gasteiger partial charge is 0.407 e. The zero-order valence-corrected chi connectivity index (χ0v) is 17.5. The Hall–Kier alpha value is -1.88. The third kappa shape index (κ3) is 5.39. The highest BCUT2D eigenvalue weighted by molar-refractivity contribution is 7.88. The van der Waals surface area contributed by atoms with Crippen LogP contribution in [0.15, 0.2) is 24.3 Å². The van der Waals surface area contributed by atoms with Gasteiger partial charge in [-0.3, -0.25) is 0 Å². The first-order chi connectivity index (χ1) is 13.8. The molecule has 1 N–H and O–H groups in total. The summed E-state index contributed by atoms with van der Waals surface area (Å²) in [4.78, 5) is 12.4. The molecule has 3 rings (SSSR count). The summed E-state index contributed by atoms with van der Waals surface area (Å²) in [6.07, 6.45) is -0.460. The average molecular weight is 429 g/mol. The van der Waals surface area contributed by atoms with Crippen molar-refractivity contribution in [1.29, 1.82) is 0 Å². The van der Waals surface area contributed by atoms with Crippen LogP contribution in [0.2, 0.25) is 0 Å². The van der Waals surface area contributed by atoms with Crippen molar-refractivity contribution in [2.75, 3.05) is 40.5 Å². The van der Waals surface area contributed by atoms with E-state index in [2.05, 4.69) is 0 Å². The molecule has 2 aliphatic rings. The molecule has 2 saturated heterocycles. The zero-order valence-electron chi connectivity index (χ0n) is 16.7. The van der Waals surface area contributed by atoms with Crippen LogP contribution >= 0.6 is 0 Å². The lowest BCUT2D eigenvalue weighted by molar-refractivity contribution is 0.0341. The van der Waals surface area contributed by atoms with E-state index < -0.39 is 22.2 Å². The lowest BCUT2D eigenvalue weighted by Gasteiger charge is -2.30. The predicted octanol–water partition coefficient (Wildman–Crippen LogP) is 1.38. The summed E-state index contributed by atoms with van der Waals surface area (Å²) >= 11 is 0. The molecule has 162 valence electrons. The van der Waals surface area contributed by atoms with E-state index in [-0.39, 0.29) is 31.0 Å². The van der Waals surface area contributed by atoms with E-state index in [1.165, 1.54) is 16.3 Å². The molecule has 0 spiro atoms. The number of sulfonamides is 1. The van der Waals surface area contributed by atoms with Crippen LogP contribution < -0.4 is 4.74 Å². The summed E-state index contributed by atoms with van der Waals surface area (Å²) in [5.74, 6) is 0.364. The van der Waals surface area contributed by atoms with Crippen LogP contribution in [-0.4, -0.2) is 87.5 Å². The van der Waals surface area contributed by atoms with Gasteiger partial charge in [-0.2, -0.15) is 0 Å². The van der Waals surface area contributed by atoms with Crippen molar-refractivity contribution in [3.05, 3.63) is 29.8 Å². The molecule has 2 heterocycles. The van der Waals surface area contributed by atoms with Gasteiger partial charge in [0.2, 0.25) is 10.0 Å². The largest absolute Gasteiger partial charge is 0.486 e. The number of nitrogens with zero attached hydrogens (tertiary/aromatic N) is 2. The molecule has 2 aliphatic heterocycles. The number of methoxy groups -OCH3 is 1. The lowest BCUT2D eigenvalue weighted by Crippen LogP contribution is -2.41. The van der Waals surface area contributed by atoms with Gasteiger partial charge in [-0.25, -0.2) is 17.5 Å². The van der Waals surface area contributed by atoms with Crippen molar-refractivity contribution in [2.24, 2.45) is 0 Å². The van der Waals surface area contributed by atoms with E-state index in [0.29, 0.717) is 37.4 Å². The molecule has 1 aromatic carbocycles. The van der Waals surface area contributed by atoms with Crippen molar-refractivity contribution in [3.63, 3.8) is 0 Å². The minimum Gasteiger partial charge on any atom is -0.486 e. The molecule has 1 amide bonds. The third-order valence-electron chi connectivity index (χ3n) is 5.47. The van der Waals surface area contributed by atoms with E-state index >= 15 is 0 Å². The maximum absolute atomic E-state index is 12.8. The second kappa shape index (κ2) is 9.29. The first-order valence-electron chi connectivity index (χ1n) is 9.60. The molecule has 0 bridgehead atoms. The Morgan fingerprint density at radius 1 is 1.28 bits per heavy atom. The number of hydrogen-bond acceptors (Lipinski definition) is 6. The van der Waals surface area contributed by atoms with E-state index in [1.807, 2.05) is 0 Å². The summed E-state index contributed by atoms with van der Waals surface area (Å²) in [5, 5.41) is 9.18. The summed E-state index contributed by atoms with van der Waals surface area (Å²) in [5.41, 5.74) is 0.614. The summed E-state index contributed by atoms with van der Waals surface area (Å²) in [6.45, 7) is 1.58. The molecular formula is C19H28N2O7S. The SMILES string of the molecule is CO[C@@H]1CN(C(=O)O)C[C@H]1Oc1cccc(CS(=O)(=O)N(C)C2CCOCC2)c1. The Bertz CT molecular complexity index is 811. The van der Waals surface area contributed by atoms with Crippen LogP contribution in [-0.2, 0) is 25.2 Å². The molecule has 0 radical (unpaired) electrons. The van der Waals surface area contributed by atoms with Crippen LogP contribution in [0.3, 0.4) is 0 Å². The Balaban J connectivity index is 1.67. The van der Waals surface area contributed by atoms with Gasteiger partial charge in [0.05, 0.1) is 18.8 Å². The number of benzene rings is 1. The lowest BCUT2D eigenvalue weighted by atomic mass is 10.1. The van der Waals surface area contributed by atoms with E-state index in [0.717, 1.165) is 0 Å².